The van der Waals surface area contributed by atoms with Gasteiger partial charge in [0.1, 0.15) is 11.6 Å². The van der Waals surface area contributed by atoms with E-state index in [4.69, 9.17) is 4.52 Å². The lowest BCUT2D eigenvalue weighted by Gasteiger charge is -2.03. The van der Waals surface area contributed by atoms with Crippen molar-refractivity contribution < 1.29 is 13.3 Å². The number of aromatic nitrogens is 2. The molecule has 1 aromatic heterocycles. The first-order valence-corrected chi connectivity index (χ1v) is 6.29. The number of benzene rings is 2. The van der Waals surface area contributed by atoms with Crippen LogP contribution in [0.3, 0.4) is 0 Å². The van der Waals surface area contributed by atoms with E-state index in [2.05, 4.69) is 15.5 Å². The van der Waals surface area contributed by atoms with Gasteiger partial charge in [-0.15, -0.1) is 0 Å². The summed E-state index contributed by atoms with van der Waals surface area (Å²) in [5, 5.41) is 6.54. The van der Waals surface area contributed by atoms with Gasteiger partial charge in [-0.05, 0) is 35.5 Å². The van der Waals surface area contributed by atoms with Gasteiger partial charge < -0.3 is 9.84 Å². The minimum Gasteiger partial charge on any atom is -0.347 e. The Morgan fingerprint density at radius 1 is 1.05 bits per heavy atom. The second kappa shape index (κ2) is 5.70. The van der Waals surface area contributed by atoms with Gasteiger partial charge in [-0.3, -0.25) is 0 Å². The Balaban J connectivity index is 1.72. The average Bonchev–Trinajstić information content (AvgIpc) is 2.98. The van der Waals surface area contributed by atoms with E-state index in [9.17, 15) is 8.78 Å². The molecule has 2 aromatic carbocycles. The number of nitrogens with zero attached hydrogens (tertiary/aromatic N) is 2. The third-order valence-corrected chi connectivity index (χ3v) is 2.89. The van der Waals surface area contributed by atoms with E-state index >= 15 is 0 Å². The predicted octanol–water partition coefficient (Wildman–Crippen LogP) is 3.63. The Morgan fingerprint density at radius 2 is 1.86 bits per heavy atom. The Labute approximate surface area is 119 Å². The molecule has 0 aliphatic carbocycles. The number of nitrogens with one attached hydrogen (secondary N) is 1. The largest absolute Gasteiger partial charge is 0.347 e. The van der Waals surface area contributed by atoms with Gasteiger partial charge in [-0.1, -0.05) is 18.2 Å². The molecule has 0 bridgehead atoms. The van der Waals surface area contributed by atoms with E-state index in [0.717, 1.165) is 23.8 Å². The molecule has 3 aromatic rings. The molecule has 0 spiro atoms. The Bertz CT molecular complexity index is 744. The van der Waals surface area contributed by atoms with Crippen LogP contribution in [0.15, 0.2) is 53.1 Å². The minimum absolute atomic E-state index is 0.0668. The lowest BCUT2D eigenvalue weighted by Crippen LogP contribution is -2.03. The molecule has 0 aliphatic rings. The van der Waals surface area contributed by atoms with Crippen LogP contribution in [-0.4, -0.2) is 10.1 Å². The fraction of sp³-hybridized carbons (Fsp3) is 0.0667. The molecule has 21 heavy (non-hydrogen) atoms. The van der Waals surface area contributed by atoms with E-state index < -0.39 is 11.6 Å². The van der Waals surface area contributed by atoms with Crippen LogP contribution in [0.25, 0.3) is 11.5 Å². The van der Waals surface area contributed by atoms with Crippen molar-refractivity contribution in [1.29, 1.82) is 0 Å². The van der Waals surface area contributed by atoms with Crippen LogP contribution in [0.5, 0.6) is 0 Å². The first kappa shape index (κ1) is 13.2. The Morgan fingerprint density at radius 3 is 2.67 bits per heavy atom. The maximum Gasteiger partial charge on any atom is 0.264 e. The SMILES string of the molecule is Fc1ccc(F)c(CNc2noc(-c3ccccc3)n2)c1. The van der Waals surface area contributed by atoms with Crippen LogP contribution in [0, 0.1) is 11.6 Å². The van der Waals surface area contributed by atoms with Crippen LogP contribution in [0.4, 0.5) is 14.7 Å². The summed E-state index contributed by atoms with van der Waals surface area (Å²) in [5.74, 6) is -0.405. The zero-order valence-corrected chi connectivity index (χ0v) is 10.9. The number of anilines is 1. The van der Waals surface area contributed by atoms with Gasteiger partial charge in [-0.2, -0.15) is 4.98 Å². The lowest BCUT2D eigenvalue weighted by molar-refractivity contribution is 0.432. The second-order valence-electron chi connectivity index (χ2n) is 4.38. The van der Waals surface area contributed by atoms with Gasteiger partial charge in [0.2, 0.25) is 0 Å². The highest BCUT2D eigenvalue weighted by Gasteiger charge is 2.09. The van der Waals surface area contributed by atoms with E-state index in [1.165, 1.54) is 0 Å². The second-order valence-corrected chi connectivity index (χ2v) is 4.38. The van der Waals surface area contributed by atoms with E-state index in [0.29, 0.717) is 5.89 Å². The smallest absolute Gasteiger partial charge is 0.264 e. The van der Waals surface area contributed by atoms with Gasteiger partial charge in [0.25, 0.3) is 11.8 Å². The van der Waals surface area contributed by atoms with E-state index in [-0.39, 0.29) is 18.1 Å². The Kier molecular flexibility index (Phi) is 3.59. The first-order valence-electron chi connectivity index (χ1n) is 6.29. The lowest BCUT2D eigenvalue weighted by atomic mass is 10.2. The van der Waals surface area contributed by atoms with Crippen molar-refractivity contribution in [2.45, 2.75) is 6.54 Å². The zero-order chi connectivity index (χ0) is 14.7. The molecular formula is C15H11F2N3O. The predicted molar refractivity (Wildman–Crippen MR) is 73.4 cm³/mol. The molecule has 0 amide bonds. The van der Waals surface area contributed by atoms with Crippen molar-refractivity contribution in [3.8, 4) is 11.5 Å². The number of hydrogen-bond donors (Lipinski definition) is 1. The molecule has 0 unspecified atom stereocenters. The molecule has 0 fully saturated rings. The van der Waals surface area contributed by atoms with Crippen molar-refractivity contribution in [3.63, 3.8) is 0 Å². The fourth-order valence-electron chi connectivity index (χ4n) is 1.85. The summed E-state index contributed by atoms with van der Waals surface area (Å²) in [7, 11) is 0. The highest BCUT2D eigenvalue weighted by molar-refractivity contribution is 5.53. The molecule has 1 heterocycles. The van der Waals surface area contributed by atoms with Gasteiger partial charge in [0.05, 0.1) is 0 Å². The zero-order valence-electron chi connectivity index (χ0n) is 10.9. The monoisotopic (exact) mass is 287 g/mol. The van der Waals surface area contributed by atoms with Crippen LogP contribution in [-0.2, 0) is 6.54 Å². The normalized spacial score (nSPS) is 10.6. The molecule has 6 heteroatoms. The molecule has 1 N–H and O–H groups in total. The number of rotatable bonds is 4. The van der Waals surface area contributed by atoms with Crippen LogP contribution < -0.4 is 5.32 Å². The molecule has 0 saturated heterocycles. The summed E-state index contributed by atoms with van der Waals surface area (Å²) in [6, 6.07) is 12.5. The highest BCUT2D eigenvalue weighted by atomic mass is 19.1. The quantitative estimate of drug-likeness (QED) is 0.796. The van der Waals surface area contributed by atoms with Crippen molar-refractivity contribution in [2.75, 3.05) is 5.32 Å². The molecule has 0 aliphatic heterocycles. The Hall–Kier alpha value is -2.76. The summed E-state index contributed by atoms with van der Waals surface area (Å²) >= 11 is 0. The van der Waals surface area contributed by atoms with Crippen molar-refractivity contribution in [2.24, 2.45) is 0 Å². The standard InChI is InChI=1S/C15H11F2N3O/c16-12-6-7-13(17)11(8-12)9-18-15-19-14(21-20-15)10-4-2-1-3-5-10/h1-8H,9H2,(H,18,20). The number of hydrogen-bond acceptors (Lipinski definition) is 4. The van der Waals surface area contributed by atoms with Crippen LogP contribution in [0.2, 0.25) is 0 Å². The van der Waals surface area contributed by atoms with Crippen LogP contribution in [0.1, 0.15) is 5.56 Å². The summed E-state index contributed by atoms with van der Waals surface area (Å²) in [6.07, 6.45) is 0. The summed E-state index contributed by atoms with van der Waals surface area (Å²) < 4.78 is 31.6. The van der Waals surface area contributed by atoms with Crippen molar-refractivity contribution in [3.05, 3.63) is 65.7 Å². The first-order chi connectivity index (χ1) is 10.2. The molecule has 0 atom stereocenters. The molecule has 0 radical (unpaired) electrons. The highest BCUT2D eigenvalue weighted by Crippen LogP contribution is 2.18. The van der Waals surface area contributed by atoms with Crippen LogP contribution >= 0.6 is 0 Å². The van der Waals surface area contributed by atoms with Gasteiger partial charge >= 0.3 is 0 Å². The third-order valence-electron chi connectivity index (χ3n) is 2.89. The molecule has 106 valence electrons. The summed E-state index contributed by atoms with van der Waals surface area (Å²) in [4.78, 5) is 4.14. The van der Waals surface area contributed by atoms with E-state index in [1.54, 1.807) is 0 Å². The molecule has 0 saturated carbocycles. The molecule has 4 nitrogen and oxygen atoms in total. The average molecular weight is 287 g/mol. The third kappa shape index (κ3) is 3.05. The summed E-state index contributed by atoms with van der Waals surface area (Å²) in [5.41, 5.74) is 0.982. The molecule has 3 rings (SSSR count). The van der Waals surface area contributed by atoms with Crippen molar-refractivity contribution >= 4 is 5.95 Å². The van der Waals surface area contributed by atoms with Crippen molar-refractivity contribution in [1.82, 2.24) is 10.1 Å². The topological polar surface area (TPSA) is 51.0 Å². The molecular weight excluding hydrogens is 276 g/mol. The van der Waals surface area contributed by atoms with Gasteiger partial charge in [0.15, 0.2) is 0 Å². The summed E-state index contributed by atoms with van der Waals surface area (Å²) in [6.45, 7) is 0.0668. The van der Waals surface area contributed by atoms with E-state index in [1.807, 2.05) is 30.3 Å². The van der Waals surface area contributed by atoms with Gasteiger partial charge in [-0.25, -0.2) is 8.78 Å². The maximum atomic E-state index is 13.5. The number of halogens is 2. The minimum atomic E-state index is -0.494. The maximum absolute atomic E-state index is 13.5. The van der Waals surface area contributed by atoms with Gasteiger partial charge in [0, 0.05) is 17.7 Å². The fourth-order valence-corrected chi connectivity index (χ4v) is 1.85.